The Labute approximate surface area is 148 Å². The number of fused-ring (bicyclic) bond motifs is 1. The van der Waals surface area contributed by atoms with Gasteiger partial charge in [0.05, 0.1) is 10.2 Å². The lowest BCUT2D eigenvalue weighted by molar-refractivity contribution is 0.415. The first-order chi connectivity index (χ1) is 12.2. The summed E-state index contributed by atoms with van der Waals surface area (Å²) in [6.07, 6.45) is 4.55. The van der Waals surface area contributed by atoms with E-state index in [2.05, 4.69) is 47.7 Å². The molecule has 0 bridgehead atoms. The molecule has 0 aromatic carbocycles. The van der Waals surface area contributed by atoms with E-state index in [0.717, 1.165) is 50.2 Å². The van der Waals surface area contributed by atoms with Crippen LogP contribution in [0.4, 0.5) is 5.82 Å². The summed E-state index contributed by atoms with van der Waals surface area (Å²) in [4.78, 5) is 25.0. The van der Waals surface area contributed by atoms with Crippen LogP contribution >= 0.6 is 11.3 Å². The molecule has 3 aromatic rings. The molecular formula is C16H21N7OS. The minimum atomic E-state index is -0.247. The molecule has 0 unspecified atom stereocenters. The van der Waals surface area contributed by atoms with Crippen LogP contribution in [-0.4, -0.2) is 50.8 Å². The van der Waals surface area contributed by atoms with Gasteiger partial charge < -0.3 is 10.2 Å². The molecule has 1 saturated heterocycles. The number of thiophene rings is 1. The number of nitrogens with zero attached hydrogens (tertiary/aromatic N) is 4. The lowest BCUT2D eigenvalue weighted by atomic mass is 10.0. The molecule has 3 N–H and O–H groups in total. The van der Waals surface area contributed by atoms with Gasteiger partial charge in [0, 0.05) is 32.1 Å². The van der Waals surface area contributed by atoms with Crippen LogP contribution in [0, 0.1) is 6.92 Å². The number of anilines is 1. The number of hydrogen-bond donors (Lipinski definition) is 3. The van der Waals surface area contributed by atoms with E-state index in [1.807, 2.05) is 0 Å². The van der Waals surface area contributed by atoms with Crippen molar-refractivity contribution in [3.63, 3.8) is 0 Å². The molecule has 1 aliphatic rings. The SMILES string of the molecule is Cc1csc2c(N3CCC(NCCc4n[nH]c(=O)[nH]4)CC3)ncnc12. The molecule has 1 aliphatic heterocycles. The Morgan fingerprint density at radius 2 is 2.20 bits per heavy atom. The Hall–Kier alpha value is -2.26. The number of hydrogen-bond acceptors (Lipinski definition) is 7. The number of aromatic nitrogens is 5. The number of H-pyrrole nitrogens is 2. The van der Waals surface area contributed by atoms with Gasteiger partial charge in [0.25, 0.3) is 0 Å². The Bertz CT molecular complexity index is 906. The van der Waals surface area contributed by atoms with Crippen molar-refractivity contribution in [1.82, 2.24) is 30.5 Å². The summed E-state index contributed by atoms with van der Waals surface area (Å²) in [5.74, 6) is 1.77. The zero-order valence-corrected chi connectivity index (χ0v) is 14.9. The highest BCUT2D eigenvalue weighted by molar-refractivity contribution is 7.18. The molecule has 3 aromatic heterocycles. The molecule has 0 aliphatic carbocycles. The fraction of sp³-hybridized carbons (Fsp3) is 0.500. The van der Waals surface area contributed by atoms with Gasteiger partial charge in [0.2, 0.25) is 0 Å². The first-order valence-electron chi connectivity index (χ1n) is 8.51. The molecule has 0 amide bonds. The number of aryl methyl sites for hydroxylation is 1. The zero-order chi connectivity index (χ0) is 17.2. The van der Waals surface area contributed by atoms with Crippen molar-refractivity contribution in [2.75, 3.05) is 24.5 Å². The normalized spacial score (nSPS) is 16.0. The van der Waals surface area contributed by atoms with E-state index in [1.54, 1.807) is 17.7 Å². The molecular weight excluding hydrogens is 338 g/mol. The molecule has 25 heavy (non-hydrogen) atoms. The Kier molecular flexibility index (Phi) is 4.50. The number of nitrogens with one attached hydrogen (secondary N) is 3. The van der Waals surface area contributed by atoms with Gasteiger partial charge in [-0.15, -0.1) is 11.3 Å². The topological polar surface area (TPSA) is 103 Å². The third kappa shape index (κ3) is 3.42. The van der Waals surface area contributed by atoms with Crippen LogP contribution in [-0.2, 0) is 6.42 Å². The number of aromatic amines is 2. The Morgan fingerprint density at radius 3 is 2.96 bits per heavy atom. The summed E-state index contributed by atoms with van der Waals surface area (Å²) in [6.45, 7) is 4.88. The molecule has 0 radical (unpaired) electrons. The van der Waals surface area contributed by atoms with Crippen molar-refractivity contribution in [1.29, 1.82) is 0 Å². The number of rotatable bonds is 5. The highest BCUT2D eigenvalue weighted by Gasteiger charge is 2.22. The van der Waals surface area contributed by atoms with Gasteiger partial charge >= 0.3 is 5.69 Å². The van der Waals surface area contributed by atoms with Crippen LogP contribution in [0.2, 0.25) is 0 Å². The van der Waals surface area contributed by atoms with Crippen molar-refractivity contribution in [3.8, 4) is 0 Å². The van der Waals surface area contributed by atoms with Gasteiger partial charge in [-0.2, -0.15) is 5.10 Å². The standard InChI is InChI=1S/C16H21N7OS/c1-10-8-25-14-13(10)18-9-19-15(14)23-6-3-11(4-7-23)17-5-2-12-20-16(24)22-21-12/h8-9,11,17H,2-7H2,1H3,(H2,20,21,22,24). The van der Waals surface area contributed by atoms with Crippen molar-refractivity contribution in [3.05, 3.63) is 33.6 Å². The van der Waals surface area contributed by atoms with Gasteiger partial charge in [-0.1, -0.05) is 0 Å². The van der Waals surface area contributed by atoms with E-state index >= 15 is 0 Å². The monoisotopic (exact) mass is 359 g/mol. The minimum Gasteiger partial charge on any atom is -0.355 e. The molecule has 9 heteroatoms. The first kappa shape index (κ1) is 16.2. The Morgan fingerprint density at radius 1 is 1.36 bits per heavy atom. The predicted molar refractivity (Wildman–Crippen MR) is 98.3 cm³/mol. The highest BCUT2D eigenvalue weighted by Crippen LogP contribution is 2.32. The highest BCUT2D eigenvalue weighted by atomic mass is 32.1. The van der Waals surface area contributed by atoms with Gasteiger partial charge in [0.1, 0.15) is 18.0 Å². The summed E-state index contributed by atoms with van der Waals surface area (Å²) in [5, 5.41) is 12.0. The smallest absolute Gasteiger partial charge is 0.340 e. The molecule has 0 spiro atoms. The van der Waals surface area contributed by atoms with E-state index in [1.165, 1.54) is 10.3 Å². The van der Waals surface area contributed by atoms with E-state index in [9.17, 15) is 4.79 Å². The quantitative estimate of drug-likeness (QED) is 0.633. The average Bonchev–Trinajstić information content (AvgIpc) is 3.22. The Balaban J connectivity index is 1.32. The van der Waals surface area contributed by atoms with Crippen LogP contribution in [0.15, 0.2) is 16.5 Å². The van der Waals surface area contributed by atoms with Gasteiger partial charge in [-0.25, -0.2) is 19.9 Å². The van der Waals surface area contributed by atoms with Gasteiger partial charge in [0.15, 0.2) is 0 Å². The van der Waals surface area contributed by atoms with Gasteiger partial charge in [-0.05, 0) is 30.7 Å². The average molecular weight is 359 g/mol. The second-order valence-corrected chi connectivity index (χ2v) is 7.26. The van der Waals surface area contributed by atoms with Crippen molar-refractivity contribution in [2.45, 2.75) is 32.2 Å². The molecule has 4 heterocycles. The fourth-order valence-corrected chi connectivity index (χ4v) is 4.31. The first-order valence-corrected chi connectivity index (χ1v) is 9.39. The minimum absolute atomic E-state index is 0.247. The molecule has 132 valence electrons. The lowest BCUT2D eigenvalue weighted by Crippen LogP contribution is -2.43. The largest absolute Gasteiger partial charge is 0.355 e. The lowest BCUT2D eigenvalue weighted by Gasteiger charge is -2.33. The van der Waals surface area contributed by atoms with Crippen LogP contribution in [0.5, 0.6) is 0 Å². The van der Waals surface area contributed by atoms with Crippen LogP contribution in [0.3, 0.4) is 0 Å². The summed E-state index contributed by atoms with van der Waals surface area (Å²) < 4.78 is 1.19. The van der Waals surface area contributed by atoms with Crippen molar-refractivity contribution < 1.29 is 0 Å². The summed E-state index contributed by atoms with van der Waals surface area (Å²) in [5.41, 5.74) is 2.04. The summed E-state index contributed by atoms with van der Waals surface area (Å²) in [7, 11) is 0. The molecule has 0 atom stereocenters. The maximum absolute atomic E-state index is 11.0. The van der Waals surface area contributed by atoms with E-state index < -0.39 is 0 Å². The third-order valence-electron chi connectivity index (χ3n) is 4.65. The van der Waals surface area contributed by atoms with Crippen LogP contribution in [0.25, 0.3) is 10.2 Å². The van der Waals surface area contributed by atoms with Crippen LogP contribution < -0.4 is 15.9 Å². The van der Waals surface area contributed by atoms with E-state index in [4.69, 9.17) is 0 Å². The summed E-state index contributed by atoms with van der Waals surface area (Å²) >= 11 is 1.73. The fourth-order valence-electron chi connectivity index (χ4n) is 3.30. The molecule has 1 fully saturated rings. The molecule has 0 saturated carbocycles. The van der Waals surface area contributed by atoms with Gasteiger partial charge in [-0.3, -0.25) is 4.98 Å². The second-order valence-electron chi connectivity index (χ2n) is 6.38. The summed E-state index contributed by atoms with van der Waals surface area (Å²) in [6, 6.07) is 0.490. The van der Waals surface area contributed by atoms with E-state index in [0.29, 0.717) is 11.9 Å². The van der Waals surface area contributed by atoms with Crippen molar-refractivity contribution >= 4 is 27.4 Å². The van der Waals surface area contributed by atoms with Crippen LogP contribution in [0.1, 0.15) is 24.2 Å². The maximum Gasteiger partial charge on any atom is 0.340 e. The third-order valence-corrected chi connectivity index (χ3v) is 5.73. The predicted octanol–water partition coefficient (Wildman–Crippen LogP) is 1.21. The maximum atomic E-state index is 11.0. The van der Waals surface area contributed by atoms with Crippen molar-refractivity contribution in [2.24, 2.45) is 0 Å². The molecule has 4 rings (SSSR count). The number of piperidine rings is 1. The second kappa shape index (κ2) is 6.93. The molecule has 8 nitrogen and oxygen atoms in total. The van der Waals surface area contributed by atoms with E-state index in [-0.39, 0.29) is 5.69 Å². The zero-order valence-electron chi connectivity index (χ0n) is 14.1.